The van der Waals surface area contributed by atoms with Crippen molar-refractivity contribution in [1.82, 2.24) is 19.8 Å². The molecule has 2 N–H and O–H groups in total. The number of aromatic nitrogens is 2. The average Bonchev–Trinajstić information content (AvgIpc) is 3.57. The van der Waals surface area contributed by atoms with Gasteiger partial charge in [0.1, 0.15) is 0 Å². The summed E-state index contributed by atoms with van der Waals surface area (Å²) in [6, 6.07) is 32.5. The van der Waals surface area contributed by atoms with Crippen molar-refractivity contribution in [2.75, 3.05) is 11.9 Å². The minimum Gasteiger partial charge on any atom is -0.352 e. The number of carbonyl (C=O) groups excluding carboxylic acids is 1. The minimum absolute atomic E-state index is 0.0494. The zero-order valence-corrected chi connectivity index (χ0v) is 22.4. The van der Waals surface area contributed by atoms with Crippen LogP contribution >= 0.6 is 12.2 Å². The molecule has 0 bridgehead atoms. The minimum atomic E-state index is -0.159. The van der Waals surface area contributed by atoms with E-state index < -0.39 is 0 Å². The zero-order chi connectivity index (χ0) is 26.8. The fourth-order valence-corrected chi connectivity index (χ4v) is 5.58. The SMILES string of the molecule is Cc1ccc(NC(=O)CCN2C(=S)N[C@H](c3ccccn3)[C@@H]2c2cccn2-c2ccc3ccccc3c2)cc1. The summed E-state index contributed by atoms with van der Waals surface area (Å²) in [4.78, 5) is 19.7. The first-order valence-corrected chi connectivity index (χ1v) is 13.5. The van der Waals surface area contributed by atoms with Crippen LogP contribution in [0.2, 0.25) is 0 Å². The summed E-state index contributed by atoms with van der Waals surface area (Å²) in [5, 5.41) is 9.50. The number of amides is 1. The molecule has 7 heteroatoms. The van der Waals surface area contributed by atoms with Crippen LogP contribution in [0.5, 0.6) is 0 Å². The van der Waals surface area contributed by atoms with Crippen molar-refractivity contribution in [2.24, 2.45) is 0 Å². The number of hydrogen-bond acceptors (Lipinski definition) is 3. The third kappa shape index (κ3) is 5.13. The van der Waals surface area contributed by atoms with Crippen molar-refractivity contribution in [3.05, 3.63) is 126 Å². The van der Waals surface area contributed by atoms with E-state index in [0.29, 0.717) is 18.1 Å². The maximum Gasteiger partial charge on any atom is 0.226 e. The Bertz CT molecular complexity index is 1630. The van der Waals surface area contributed by atoms with E-state index in [1.54, 1.807) is 6.20 Å². The van der Waals surface area contributed by atoms with Gasteiger partial charge in [0.25, 0.3) is 0 Å². The molecule has 0 aliphatic carbocycles. The molecule has 194 valence electrons. The van der Waals surface area contributed by atoms with Crippen LogP contribution in [0.25, 0.3) is 16.5 Å². The van der Waals surface area contributed by atoms with Crippen LogP contribution in [0.1, 0.15) is 35.5 Å². The first-order chi connectivity index (χ1) is 19.1. The Labute approximate surface area is 233 Å². The lowest BCUT2D eigenvalue weighted by atomic mass is 10.0. The van der Waals surface area contributed by atoms with Crippen molar-refractivity contribution >= 4 is 39.7 Å². The monoisotopic (exact) mass is 531 g/mol. The molecule has 1 saturated heterocycles. The third-order valence-corrected chi connectivity index (χ3v) is 7.56. The maximum atomic E-state index is 12.9. The summed E-state index contributed by atoms with van der Waals surface area (Å²) in [5.41, 5.74) is 5.00. The molecule has 3 heterocycles. The van der Waals surface area contributed by atoms with Crippen LogP contribution in [-0.2, 0) is 4.79 Å². The molecule has 1 aliphatic rings. The number of hydrogen-bond donors (Lipinski definition) is 2. The van der Waals surface area contributed by atoms with Crippen LogP contribution in [0.3, 0.4) is 0 Å². The molecule has 1 fully saturated rings. The molecule has 0 saturated carbocycles. The second-order valence-electron chi connectivity index (χ2n) is 9.82. The number of anilines is 1. The Morgan fingerprint density at radius 2 is 1.74 bits per heavy atom. The lowest BCUT2D eigenvalue weighted by Crippen LogP contribution is -2.33. The summed E-state index contributed by atoms with van der Waals surface area (Å²) < 4.78 is 2.21. The second kappa shape index (κ2) is 10.7. The first kappa shape index (κ1) is 24.8. The summed E-state index contributed by atoms with van der Waals surface area (Å²) in [6.07, 6.45) is 4.19. The molecule has 2 aromatic heterocycles. The number of nitrogens with one attached hydrogen (secondary N) is 2. The Kier molecular flexibility index (Phi) is 6.82. The van der Waals surface area contributed by atoms with Gasteiger partial charge >= 0.3 is 0 Å². The number of nitrogens with zero attached hydrogens (tertiary/aromatic N) is 3. The summed E-state index contributed by atoms with van der Waals surface area (Å²) in [7, 11) is 0. The van der Waals surface area contributed by atoms with Gasteiger partial charge in [-0.2, -0.15) is 0 Å². The molecule has 3 aromatic carbocycles. The number of fused-ring (bicyclic) bond motifs is 1. The van der Waals surface area contributed by atoms with Crippen molar-refractivity contribution in [2.45, 2.75) is 25.4 Å². The van der Waals surface area contributed by atoms with Gasteiger partial charge in [0, 0.05) is 42.4 Å². The predicted molar refractivity (Wildman–Crippen MR) is 160 cm³/mol. The van der Waals surface area contributed by atoms with Crippen molar-refractivity contribution in [3.63, 3.8) is 0 Å². The van der Waals surface area contributed by atoms with E-state index in [1.165, 1.54) is 10.8 Å². The Morgan fingerprint density at radius 1 is 0.949 bits per heavy atom. The van der Waals surface area contributed by atoms with Gasteiger partial charge in [0.15, 0.2) is 5.11 Å². The molecule has 0 radical (unpaired) electrons. The Balaban J connectivity index is 1.32. The van der Waals surface area contributed by atoms with Crippen LogP contribution < -0.4 is 10.6 Å². The average molecular weight is 532 g/mol. The van der Waals surface area contributed by atoms with Crippen molar-refractivity contribution in [3.8, 4) is 5.69 Å². The highest BCUT2D eigenvalue weighted by Crippen LogP contribution is 2.39. The van der Waals surface area contributed by atoms with Crippen LogP contribution in [-0.4, -0.2) is 32.0 Å². The molecule has 0 unspecified atom stereocenters. The van der Waals surface area contributed by atoms with Gasteiger partial charge in [-0.15, -0.1) is 0 Å². The number of rotatable bonds is 7. The molecule has 2 atom stereocenters. The lowest BCUT2D eigenvalue weighted by molar-refractivity contribution is -0.116. The smallest absolute Gasteiger partial charge is 0.226 e. The van der Waals surface area contributed by atoms with E-state index in [0.717, 1.165) is 28.3 Å². The molecule has 1 aliphatic heterocycles. The molecule has 1 amide bonds. The van der Waals surface area contributed by atoms with Gasteiger partial charge in [-0.1, -0.05) is 54.1 Å². The predicted octanol–water partition coefficient (Wildman–Crippen LogP) is 6.34. The molecule has 39 heavy (non-hydrogen) atoms. The lowest BCUT2D eigenvalue weighted by Gasteiger charge is -2.29. The molecular weight excluding hydrogens is 502 g/mol. The van der Waals surface area contributed by atoms with E-state index >= 15 is 0 Å². The van der Waals surface area contributed by atoms with Gasteiger partial charge < -0.3 is 20.1 Å². The van der Waals surface area contributed by atoms with Crippen LogP contribution in [0.15, 0.2) is 109 Å². The van der Waals surface area contributed by atoms with Crippen molar-refractivity contribution < 1.29 is 4.79 Å². The normalized spacial score (nSPS) is 16.8. The molecule has 6 nitrogen and oxygen atoms in total. The zero-order valence-electron chi connectivity index (χ0n) is 21.6. The highest BCUT2D eigenvalue weighted by Gasteiger charge is 2.41. The molecule has 6 rings (SSSR count). The standard InChI is InChI=1S/C32H29N5OS/c1-22-11-14-25(15-12-22)34-29(38)17-20-37-31(30(35-32(37)39)27-9-4-5-18-33-27)28-10-6-19-36(28)26-16-13-23-7-2-3-8-24(23)21-26/h2-16,18-19,21,30-31H,17,20H2,1H3,(H,34,38)(H,35,39)/t30-,31+/m1/s1. The van der Waals surface area contributed by atoms with Gasteiger partial charge in [-0.3, -0.25) is 9.78 Å². The largest absolute Gasteiger partial charge is 0.352 e. The van der Waals surface area contributed by atoms with Crippen LogP contribution in [0, 0.1) is 6.92 Å². The highest BCUT2D eigenvalue weighted by molar-refractivity contribution is 7.80. The highest BCUT2D eigenvalue weighted by atomic mass is 32.1. The summed E-state index contributed by atoms with van der Waals surface area (Å²) in [6.45, 7) is 2.50. The second-order valence-corrected chi connectivity index (χ2v) is 10.2. The topological polar surface area (TPSA) is 62.2 Å². The fraction of sp³-hybridized carbons (Fsp3) is 0.156. The fourth-order valence-electron chi connectivity index (χ4n) is 5.25. The van der Waals surface area contributed by atoms with Crippen LogP contribution in [0.4, 0.5) is 5.69 Å². The van der Waals surface area contributed by atoms with E-state index in [2.05, 4.69) is 85.9 Å². The van der Waals surface area contributed by atoms with Gasteiger partial charge in [0.2, 0.25) is 5.91 Å². The number of thiocarbonyl (C=S) groups is 1. The Morgan fingerprint density at radius 3 is 2.54 bits per heavy atom. The van der Waals surface area contributed by atoms with E-state index in [1.807, 2.05) is 49.4 Å². The summed E-state index contributed by atoms with van der Waals surface area (Å²) in [5.74, 6) is -0.0494. The molecular formula is C32H29N5OS. The van der Waals surface area contributed by atoms with Gasteiger partial charge in [0.05, 0.1) is 17.8 Å². The number of benzene rings is 3. The molecule has 0 spiro atoms. The van der Waals surface area contributed by atoms with Crippen molar-refractivity contribution in [1.29, 1.82) is 0 Å². The van der Waals surface area contributed by atoms with E-state index in [-0.39, 0.29) is 18.0 Å². The van der Waals surface area contributed by atoms with Gasteiger partial charge in [-0.05, 0) is 78.4 Å². The number of carbonyl (C=O) groups is 1. The number of pyridine rings is 1. The quantitative estimate of drug-likeness (QED) is 0.240. The third-order valence-electron chi connectivity index (χ3n) is 7.21. The van der Waals surface area contributed by atoms with E-state index in [9.17, 15) is 4.79 Å². The summed E-state index contributed by atoms with van der Waals surface area (Å²) >= 11 is 5.83. The Hall–Kier alpha value is -4.49. The van der Waals surface area contributed by atoms with E-state index in [4.69, 9.17) is 12.2 Å². The van der Waals surface area contributed by atoms with Gasteiger partial charge in [-0.25, -0.2) is 0 Å². The maximum absolute atomic E-state index is 12.9. The first-order valence-electron chi connectivity index (χ1n) is 13.1. The number of aryl methyl sites for hydroxylation is 1. The molecule has 5 aromatic rings.